The summed E-state index contributed by atoms with van der Waals surface area (Å²) in [6.07, 6.45) is 9.17. The van der Waals surface area contributed by atoms with Crippen LogP contribution in [0.25, 0.3) is 0 Å². The van der Waals surface area contributed by atoms with Crippen LogP contribution in [0.1, 0.15) is 25.7 Å². The SMILES string of the molecule is C#CCN1CCC(C(=O)N2CCC(C3OCCO3)CC2)CC1. The molecule has 0 aromatic rings. The van der Waals surface area contributed by atoms with Gasteiger partial charge in [-0.25, -0.2) is 0 Å². The molecule has 1 amide bonds. The van der Waals surface area contributed by atoms with Gasteiger partial charge >= 0.3 is 0 Å². The van der Waals surface area contributed by atoms with E-state index < -0.39 is 0 Å². The fourth-order valence-electron chi connectivity index (χ4n) is 3.77. The second kappa shape index (κ2) is 7.45. The third kappa shape index (κ3) is 3.62. The minimum Gasteiger partial charge on any atom is -0.350 e. The molecule has 3 fully saturated rings. The second-order valence-electron chi connectivity index (χ2n) is 6.53. The number of terminal acetylenes is 1. The predicted molar refractivity (Wildman–Crippen MR) is 83.0 cm³/mol. The summed E-state index contributed by atoms with van der Waals surface area (Å²) in [6, 6.07) is 0. The van der Waals surface area contributed by atoms with Crippen molar-refractivity contribution < 1.29 is 14.3 Å². The number of carbonyl (C=O) groups excluding carboxylic acids is 1. The van der Waals surface area contributed by atoms with Crippen LogP contribution >= 0.6 is 0 Å². The molecule has 3 saturated heterocycles. The van der Waals surface area contributed by atoms with Gasteiger partial charge in [-0.15, -0.1) is 6.42 Å². The summed E-state index contributed by atoms with van der Waals surface area (Å²) in [5, 5.41) is 0. The maximum Gasteiger partial charge on any atom is 0.225 e. The summed E-state index contributed by atoms with van der Waals surface area (Å²) < 4.78 is 11.2. The maximum absolute atomic E-state index is 12.7. The highest BCUT2D eigenvalue weighted by atomic mass is 16.7. The predicted octanol–water partition coefficient (Wildman–Crippen LogP) is 0.943. The number of nitrogens with zero attached hydrogens (tertiary/aromatic N) is 2. The van der Waals surface area contributed by atoms with Crippen molar-refractivity contribution in [2.45, 2.75) is 32.0 Å². The van der Waals surface area contributed by atoms with E-state index in [1.54, 1.807) is 0 Å². The Balaban J connectivity index is 1.43. The van der Waals surface area contributed by atoms with Gasteiger partial charge in [0.25, 0.3) is 0 Å². The first-order valence-electron chi connectivity index (χ1n) is 8.45. The van der Waals surface area contributed by atoms with E-state index in [-0.39, 0.29) is 12.2 Å². The number of hydrogen-bond acceptors (Lipinski definition) is 4. The van der Waals surface area contributed by atoms with E-state index in [0.717, 1.165) is 51.9 Å². The van der Waals surface area contributed by atoms with Gasteiger partial charge in [0.2, 0.25) is 5.91 Å². The lowest BCUT2D eigenvalue weighted by atomic mass is 9.92. The Morgan fingerprint density at radius 2 is 1.68 bits per heavy atom. The van der Waals surface area contributed by atoms with Crippen LogP contribution in [0.4, 0.5) is 0 Å². The molecule has 0 saturated carbocycles. The molecule has 22 heavy (non-hydrogen) atoms. The zero-order valence-electron chi connectivity index (χ0n) is 13.2. The number of hydrogen-bond donors (Lipinski definition) is 0. The normalized spacial score (nSPS) is 26.2. The lowest BCUT2D eigenvalue weighted by molar-refractivity contribution is -0.142. The molecule has 0 bridgehead atoms. The number of carbonyl (C=O) groups is 1. The molecule has 0 aromatic heterocycles. The molecular weight excluding hydrogens is 280 g/mol. The quantitative estimate of drug-likeness (QED) is 0.728. The molecule has 0 atom stereocenters. The van der Waals surface area contributed by atoms with Crippen LogP contribution in [0.3, 0.4) is 0 Å². The molecule has 0 N–H and O–H groups in total. The number of amides is 1. The van der Waals surface area contributed by atoms with Gasteiger partial charge < -0.3 is 14.4 Å². The molecule has 0 radical (unpaired) electrons. The van der Waals surface area contributed by atoms with Gasteiger partial charge in [-0.05, 0) is 38.8 Å². The average Bonchev–Trinajstić information content (AvgIpc) is 3.10. The van der Waals surface area contributed by atoms with Crippen molar-refractivity contribution in [2.75, 3.05) is 45.9 Å². The zero-order valence-corrected chi connectivity index (χ0v) is 13.2. The van der Waals surface area contributed by atoms with E-state index in [1.807, 2.05) is 4.90 Å². The Morgan fingerprint density at radius 3 is 2.27 bits per heavy atom. The topological polar surface area (TPSA) is 42.0 Å². The van der Waals surface area contributed by atoms with E-state index in [2.05, 4.69) is 10.8 Å². The van der Waals surface area contributed by atoms with Gasteiger partial charge in [0.1, 0.15) is 0 Å². The molecule has 0 unspecified atom stereocenters. The van der Waals surface area contributed by atoms with E-state index in [9.17, 15) is 4.79 Å². The standard InChI is InChI=1S/C17H26N2O3/c1-2-7-18-8-3-14(4-9-18)16(20)19-10-5-15(6-11-19)17-21-12-13-22-17/h1,14-15,17H,3-13H2. The molecule has 0 aliphatic carbocycles. The molecule has 3 aliphatic heterocycles. The van der Waals surface area contributed by atoms with Gasteiger partial charge in [0.05, 0.1) is 19.8 Å². The Morgan fingerprint density at radius 1 is 1.05 bits per heavy atom. The van der Waals surface area contributed by atoms with Gasteiger partial charge in [-0.3, -0.25) is 9.69 Å². The summed E-state index contributed by atoms with van der Waals surface area (Å²) in [4.78, 5) is 17.0. The number of ether oxygens (including phenoxy) is 2. The zero-order chi connectivity index (χ0) is 15.4. The van der Waals surface area contributed by atoms with Crippen molar-refractivity contribution in [3.05, 3.63) is 0 Å². The number of piperidine rings is 2. The van der Waals surface area contributed by atoms with E-state index in [0.29, 0.717) is 31.6 Å². The smallest absolute Gasteiger partial charge is 0.225 e. The summed E-state index contributed by atoms with van der Waals surface area (Å²) in [6.45, 7) is 5.70. The van der Waals surface area contributed by atoms with Crippen LogP contribution in [-0.2, 0) is 14.3 Å². The highest BCUT2D eigenvalue weighted by Gasteiger charge is 2.34. The van der Waals surface area contributed by atoms with E-state index in [4.69, 9.17) is 15.9 Å². The summed E-state index contributed by atoms with van der Waals surface area (Å²) >= 11 is 0. The number of rotatable bonds is 3. The molecular formula is C17H26N2O3. The Labute approximate surface area is 132 Å². The van der Waals surface area contributed by atoms with Crippen LogP contribution in [0.2, 0.25) is 0 Å². The third-order valence-electron chi connectivity index (χ3n) is 5.14. The molecule has 0 aromatic carbocycles. The van der Waals surface area contributed by atoms with Gasteiger partial charge in [-0.2, -0.15) is 0 Å². The van der Waals surface area contributed by atoms with Crippen LogP contribution < -0.4 is 0 Å². The number of likely N-dealkylation sites (tertiary alicyclic amines) is 2. The van der Waals surface area contributed by atoms with Crippen molar-refractivity contribution in [3.63, 3.8) is 0 Å². The average molecular weight is 306 g/mol. The van der Waals surface area contributed by atoms with E-state index in [1.165, 1.54) is 0 Å². The van der Waals surface area contributed by atoms with Crippen LogP contribution in [0.15, 0.2) is 0 Å². The molecule has 3 rings (SSSR count). The summed E-state index contributed by atoms with van der Waals surface area (Å²) in [7, 11) is 0. The minimum atomic E-state index is -0.0377. The fourth-order valence-corrected chi connectivity index (χ4v) is 3.77. The van der Waals surface area contributed by atoms with Crippen LogP contribution in [-0.4, -0.2) is 67.9 Å². The van der Waals surface area contributed by atoms with Gasteiger partial charge in [0, 0.05) is 24.9 Å². The van der Waals surface area contributed by atoms with Gasteiger partial charge in [-0.1, -0.05) is 5.92 Å². The molecule has 0 spiro atoms. The maximum atomic E-state index is 12.7. The highest BCUT2D eigenvalue weighted by molar-refractivity contribution is 5.79. The molecule has 3 aliphatic rings. The lowest BCUT2D eigenvalue weighted by Crippen LogP contribution is -2.46. The van der Waals surface area contributed by atoms with Crippen molar-refractivity contribution >= 4 is 5.91 Å². The Kier molecular flexibility index (Phi) is 5.35. The van der Waals surface area contributed by atoms with Gasteiger partial charge in [0.15, 0.2) is 6.29 Å². The monoisotopic (exact) mass is 306 g/mol. The Bertz CT molecular complexity index is 412. The second-order valence-corrected chi connectivity index (χ2v) is 6.53. The first-order valence-corrected chi connectivity index (χ1v) is 8.45. The molecule has 3 heterocycles. The molecule has 5 nitrogen and oxygen atoms in total. The van der Waals surface area contributed by atoms with Crippen LogP contribution in [0, 0.1) is 24.2 Å². The van der Waals surface area contributed by atoms with Crippen LogP contribution in [0.5, 0.6) is 0 Å². The molecule has 5 heteroatoms. The molecule has 122 valence electrons. The lowest BCUT2D eigenvalue weighted by Gasteiger charge is -2.37. The largest absolute Gasteiger partial charge is 0.350 e. The third-order valence-corrected chi connectivity index (χ3v) is 5.14. The first-order chi connectivity index (χ1) is 10.8. The summed E-state index contributed by atoms with van der Waals surface area (Å²) in [5.74, 6) is 3.66. The van der Waals surface area contributed by atoms with Crippen molar-refractivity contribution in [1.29, 1.82) is 0 Å². The fraction of sp³-hybridized carbons (Fsp3) is 0.824. The highest BCUT2D eigenvalue weighted by Crippen LogP contribution is 2.28. The van der Waals surface area contributed by atoms with E-state index >= 15 is 0 Å². The minimum absolute atomic E-state index is 0.0377. The first kappa shape index (κ1) is 15.8. The van der Waals surface area contributed by atoms with Crippen molar-refractivity contribution in [3.8, 4) is 12.3 Å². The summed E-state index contributed by atoms with van der Waals surface area (Å²) in [5.41, 5.74) is 0. The Hall–Kier alpha value is -1.09. The van der Waals surface area contributed by atoms with Crippen molar-refractivity contribution in [2.24, 2.45) is 11.8 Å². The van der Waals surface area contributed by atoms with Crippen molar-refractivity contribution in [1.82, 2.24) is 9.80 Å².